The van der Waals surface area contributed by atoms with E-state index in [1.807, 2.05) is 12.4 Å². The normalized spacial score (nSPS) is 15.2. The lowest BCUT2D eigenvalue weighted by molar-refractivity contribution is 0.156. The Hall–Kier alpha value is -2.68. The molecule has 2 aromatic heterocycles. The van der Waals surface area contributed by atoms with Crippen LogP contribution in [-0.4, -0.2) is 34.1 Å². The van der Waals surface area contributed by atoms with Crippen LogP contribution in [-0.2, 0) is 6.42 Å². The molecule has 0 aliphatic carbocycles. The highest BCUT2D eigenvalue weighted by atomic mass is 16.5. The van der Waals surface area contributed by atoms with E-state index in [1.54, 1.807) is 18.3 Å². The van der Waals surface area contributed by atoms with Gasteiger partial charge in [0.15, 0.2) is 0 Å². The lowest BCUT2D eigenvalue weighted by Gasteiger charge is -2.32. The standard InChI is InChI=1S/C17H19N5O/c1-2-13-11-20-17(21-12-13)23-15-5-8-22(9-6-15)16-14(10-18)4-3-7-19-16/h3-4,7,11-12,15H,2,5-6,8-9H2,1H3. The van der Waals surface area contributed by atoms with Crippen LogP contribution in [0.15, 0.2) is 30.7 Å². The number of nitriles is 1. The van der Waals surface area contributed by atoms with Gasteiger partial charge in [0, 0.05) is 44.5 Å². The maximum atomic E-state index is 9.18. The molecule has 1 aliphatic heterocycles. The molecule has 0 spiro atoms. The van der Waals surface area contributed by atoms with Crippen molar-refractivity contribution in [2.75, 3.05) is 18.0 Å². The van der Waals surface area contributed by atoms with Gasteiger partial charge in [-0.05, 0) is 24.1 Å². The van der Waals surface area contributed by atoms with Crippen LogP contribution in [0.4, 0.5) is 5.82 Å². The van der Waals surface area contributed by atoms with Crippen molar-refractivity contribution >= 4 is 5.82 Å². The second kappa shape index (κ2) is 7.05. The molecule has 0 saturated carbocycles. The van der Waals surface area contributed by atoms with Crippen LogP contribution < -0.4 is 9.64 Å². The summed E-state index contributed by atoms with van der Waals surface area (Å²) in [5.41, 5.74) is 1.72. The Morgan fingerprint density at radius 2 is 2.00 bits per heavy atom. The predicted octanol–water partition coefficient (Wildman–Crippen LogP) is 2.35. The molecule has 0 aromatic carbocycles. The fourth-order valence-corrected chi connectivity index (χ4v) is 2.66. The highest BCUT2D eigenvalue weighted by molar-refractivity contribution is 5.53. The minimum atomic E-state index is 0.105. The molecule has 0 atom stereocenters. The molecule has 0 bridgehead atoms. The van der Waals surface area contributed by atoms with Crippen LogP contribution >= 0.6 is 0 Å². The highest BCUT2D eigenvalue weighted by Gasteiger charge is 2.23. The molecule has 118 valence electrons. The third kappa shape index (κ3) is 3.57. The van der Waals surface area contributed by atoms with Crippen LogP contribution in [0.25, 0.3) is 0 Å². The highest BCUT2D eigenvalue weighted by Crippen LogP contribution is 2.22. The average Bonchev–Trinajstić information content (AvgIpc) is 2.63. The Labute approximate surface area is 135 Å². The van der Waals surface area contributed by atoms with Gasteiger partial charge in [-0.3, -0.25) is 0 Å². The zero-order valence-corrected chi connectivity index (χ0v) is 13.1. The van der Waals surface area contributed by atoms with E-state index in [-0.39, 0.29) is 6.10 Å². The Morgan fingerprint density at radius 1 is 1.26 bits per heavy atom. The quantitative estimate of drug-likeness (QED) is 0.863. The summed E-state index contributed by atoms with van der Waals surface area (Å²) in [6.45, 7) is 3.69. The van der Waals surface area contributed by atoms with E-state index < -0.39 is 0 Å². The number of piperidine rings is 1. The van der Waals surface area contributed by atoms with E-state index in [1.165, 1.54) is 0 Å². The number of nitrogens with zero attached hydrogens (tertiary/aromatic N) is 5. The zero-order chi connectivity index (χ0) is 16.1. The van der Waals surface area contributed by atoms with Crippen molar-refractivity contribution in [3.8, 4) is 12.1 Å². The Balaban J connectivity index is 1.59. The van der Waals surface area contributed by atoms with Gasteiger partial charge in [-0.15, -0.1) is 0 Å². The molecule has 6 heteroatoms. The lowest BCUT2D eigenvalue weighted by atomic mass is 10.1. The van der Waals surface area contributed by atoms with Crippen molar-refractivity contribution in [1.29, 1.82) is 5.26 Å². The number of aromatic nitrogens is 3. The van der Waals surface area contributed by atoms with Crippen LogP contribution in [0.2, 0.25) is 0 Å². The summed E-state index contributed by atoms with van der Waals surface area (Å²) in [7, 11) is 0. The first-order valence-electron chi connectivity index (χ1n) is 7.87. The summed E-state index contributed by atoms with van der Waals surface area (Å²) in [6.07, 6.45) is 8.09. The Kier molecular flexibility index (Phi) is 4.67. The number of hydrogen-bond donors (Lipinski definition) is 0. The van der Waals surface area contributed by atoms with E-state index in [4.69, 9.17) is 4.74 Å². The van der Waals surface area contributed by atoms with Gasteiger partial charge in [0.05, 0.1) is 5.56 Å². The molecule has 23 heavy (non-hydrogen) atoms. The van der Waals surface area contributed by atoms with Gasteiger partial charge >= 0.3 is 6.01 Å². The first kappa shape index (κ1) is 15.2. The second-order valence-electron chi connectivity index (χ2n) is 5.52. The summed E-state index contributed by atoms with van der Waals surface area (Å²) in [5.74, 6) is 0.761. The predicted molar refractivity (Wildman–Crippen MR) is 86.2 cm³/mol. The van der Waals surface area contributed by atoms with Crippen molar-refractivity contribution in [3.63, 3.8) is 0 Å². The van der Waals surface area contributed by atoms with Gasteiger partial charge in [-0.25, -0.2) is 15.0 Å². The van der Waals surface area contributed by atoms with Crippen molar-refractivity contribution in [3.05, 3.63) is 41.9 Å². The molecule has 0 amide bonds. The van der Waals surface area contributed by atoms with Crippen LogP contribution in [0, 0.1) is 11.3 Å². The van der Waals surface area contributed by atoms with Gasteiger partial charge < -0.3 is 9.64 Å². The molecular weight excluding hydrogens is 290 g/mol. The van der Waals surface area contributed by atoms with Crippen LogP contribution in [0.1, 0.15) is 30.9 Å². The van der Waals surface area contributed by atoms with E-state index in [0.29, 0.717) is 11.6 Å². The summed E-state index contributed by atoms with van der Waals surface area (Å²) < 4.78 is 5.86. The van der Waals surface area contributed by atoms with Gasteiger partial charge in [0.25, 0.3) is 0 Å². The largest absolute Gasteiger partial charge is 0.460 e. The summed E-state index contributed by atoms with van der Waals surface area (Å²) >= 11 is 0. The van der Waals surface area contributed by atoms with Gasteiger partial charge in [0.1, 0.15) is 18.0 Å². The first-order chi connectivity index (χ1) is 11.3. The van der Waals surface area contributed by atoms with Gasteiger partial charge in [-0.2, -0.15) is 5.26 Å². The van der Waals surface area contributed by atoms with Crippen molar-refractivity contribution in [1.82, 2.24) is 15.0 Å². The number of anilines is 1. The van der Waals surface area contributed by atoms with Crippen molar-refractivity contribution in [2.24, 2.45) is 0 Å². The summed E-state index contributed by atoms with van der Waals surface area (Å²) in [5, 5.41) is 9.18. The van der Waals surface area contributed by atoms with E-state index in [9.17, 15) is 5.26 Å². The summed E-state index contributed by atoms with van der Waals surface area (Å²) in [6, 6.07) is 6.23. The van der Waals surface area contributed by atoms with E-state index in [0.717, 1.165) is 43.7 Å². The van der Waals surface area contributed by atoms with Crippen molar-refractivity contribution in [2.45, 2.75) is 32.3 Å². The molecule has 3 rings (SSSR count). The minimum Gasteiger partial charge on any atom is -0.460 e. The fraction of sp³-hybridized carbons (Fsp3) is 0.412. The van der Waals surface area contributed by atoms with Crippen LogP contribution in [0.5, 0.6) is 6.01 Å². The number of ether oxygens (including phenoxy) is 1. The smallest absolute Gasteiger partial charge is 0.316 e. The number of rotatable bonds is 4. The van der Waals surface area contributed by atoms with Crippen LogP contribution in [0.3, 0.4) is 0 Å². The minimum absolute atomic E-state index is 0.105. The topological polar surface area (TPSA) is 74.9 Å². The van der Waals surface area contributed by atoms with Crippen molar-refractivity contribution < 1.29 is 4.74 Å². The molecular formula is C17H19N5O. The molecule has 0 radical (unpaired) electrons. The fourth-order valence-electron chi connectivity index (χ4n) is 2.66. The molecule has 0 N–H and O–H groups in total. The molecule has 1 saturated heterocycles. The molecule has 3 heterocycles. The van der Waals surface area contributed by atoms with Gasteiger partial charge in [-0.1, -0.05) is 6.92 Å². The number of hydrogen-bond acceptors (Lipinski definition) is 6. The molecule has 6 nitrogen and oxygen atoms in total. The maximum absolute atomic E-state index is 9.18. The summed E-state index contributed by atoms with van der Waals surface area (Å²) in [4.78, 5) is 15.0. The molecule has 1 aliphatic rings. The molecule has 0 unspecified atom stereocenters. The Bertz CT molecular complexity index is 687. The first-order valence-corrected chi connectivity index (χ1v) is 7.87. The van der Waals surface area contributed by atoms with E-state index in [2.05, 4.69) is 32.8 Å². The second-order valence-corrected chi connectivity index (χ2v) is 5.52. The lowest BCUT2D eigenvalue weighted by Crippen LogP contribution is -2.39. The number of pyridine rings is 1. The maximum Gasteiger partial charge on any atom is 0.316 e. The Morgan fingerprint density at radius 3 is 2.65 bits per heavy atom. The SMILES string of the molecule is CCc1cnc(OC2CCN(c3ncccc3C#N)CC2)nc1. The average molecular weight is 309 g/mol. The van der Waals surface area contributed by atoms with E-state index >= 15 is 0 Å². The van der Waals surface area contributed by atoms with Gasteiger partial charge in [0.2, 0.25) is 0 Å². The zero-order valence-electron chi connectivity index (χ0n) is 13.1. The monoisotopic (exact) mass is 309 g/mol. The molecule has 2 aromatic rings. The third-order valence-corrected chi connectivity index (χ3v) is 4.01. The molecule has 1 fully saturated rings. The third-order valence-electron chi connectivity index (χ3n) is 4.01. The number of aryl methyl sites for hydroxylation is 1.